The monoisotopic (exact) mass is 539 g/mol. The summed E-state index contributed by atoms with van der Waals surface area (Å²) in [6.45, 7) is 4.10. The van der Waals surface area contributed by atoms with Crippen LogP contribution in [-0.4, -0.2) is 46.1 Å². The van der Waals surface area contributed by atoms with Gasteiger partial charge in [-0.3, -0.25) is 4.79 Å². The van der Waals surface area contributed by atoms with Crippen LogP contribution in [0.2, 0.25) is 0 Å². The first kappa shape index (κ1) is 37.1. The van der Waals surface area contributed by atoms with Crippen LogP contribution >= 0.6 is 0 Å². The Bertz CT molecular complexity index is 525. The summed E-state index contributed by atoms with van der Waals surface area (Å²) < 4.78 is 0. The molecular weight excluding hydrogens is 474 g/mol. The number of nitrogens with one attached hydrogen (secondary N) is 1. The van der Waals surface area contributed by atoms with Gasteiger partial charge in [-0.15, -0.1) is 0 Å². The number of hydrogen-bond donors (Lipinski definition) is 4. The summed E-state index contributed by atoms with van der Waals surface area (Å²) in [5.41, 5.74) is 0. The van der Waals surface area contributed by atoms with E-state index in [4.69, 9.17) is 0 Å². The molecule has 0 fully saturated rings. The van der Waals surface area contributed by atoms with Crippen LogP contribution in [0.15, 0.2) is 12.2 Å². The number of unbranched alkanes of at least 4 members (excludes halogenated alkanes) is 19. The van der Waals surface area contributed by atoms with Gasteiger partial charge in [0, 0.05) is 6.42 Å². The standard InChI is InChI=1S/C33H65NO4/c1-3-5-7-9-11-13-15-16-18-19-21-23-25-27-31(36)33(38)30(29-35)34-32(37)28-26-24-22-20-17-14-12-10-8-6-4-2/h10,12,30-31,33,35-36,38H,3-9,11,13-29H2,1-2H3,(H,34,37)/b12-10-. The van der Waals surface area contributed by atoms with Gasteiger partial charge in [0.15, 0.2) is 0 Å². The molecule has 0 spiro atoms. The summed E-state index contributed by atoms with van der Waals surface area (Å²) in [7, 11) is 0. The van der Waals surface area contributed by atoms with E-state index in [-0.39, 0.29) is 12.5 Å². The van der Waals surface area contributed by atoms with Crippen LogP contribution < -0.4 is 5.32 Å². The Hall–Kier alpha value is -0.910. The van der Waals surface area contributed by atoms with Crippen molar-refractivity contribution in [2.75, 3.05) is 6.61 Å². The molecule has 0 saturated heterocycles. The van der Waals surface area contributed by atoms with E-state index in [1.165, 1.54) is 96.3 Å². The van der Waals surface area contributed by atoms with Crippen molar-refractivity contribution >= 4 is 5.91 Å². The minimum atomic E-state index is -1.13. The van der Waals surface area contributed by atoms with Crippen molar-refractivity contribution in [2.45, 2.75) is 186 Å². The zero-order chi connectivity index (χ0) is 28.1. The van der Waals surface area contributed by atoms with Gasteiger partial charge < -0.3 is 20.6 Å². The minimum absolute atomic E-state index is 0.157. The maximum Gasteiger partial charge on any atom is 0.220 e. The molecule has 3 unspecified atom stereocenters. The minimum Gasteiger partial charge on any atom is -0.394 e. The summed E-state index contributed by atoms with van der Waals surface area (Å²) in [6, 6.07) is -0.807. The molecule has 38 heavy (non-hydrogen) atoms. The second-order valence-electron chi connectivity index (χ2n) is 11.4. The third-order valence-corrected chi connectivity index (χ3v) is 7.62. The highest BCUT2D eigenvalue weighted by Gasteiger charge is 2.26. The van der Waals surface area contributed by atoms with Gasteiger partial charge >= 0.3 is 0 Å². The SMILES string of the molecule is CCCC/C=C\CCCCCCCC(=O)NC(CO)C(O)C(O)CCCCCCCCCCCCCCC. The second kappa shape index (κ2) is 29.1. The zero-order valence-corrected chi connectivity index (χ0v) is 25.3. The van der Waals surface area contributed by atoms with E-state index in [1.807, 2.05) is 0 Å². The zero-order valence-electron chi connectivity index (χ0n) is 25.3. The van der Waals surface area contributed by atoms with E-state index >= 15 is 0 Å². The molecule has 0 rings (SSSR count). The molecule has 4 N–H and O–H groups in total. The van der Waals surface area contributed by atoms with Crippen molar-refractivity contribution in [3.05, 3.63) is 12.2 Å². The van der Waals surface area contributed by atoms with Crippen LogP contribution in [0.4, 0.5) is 0 Å². The molecule has 0 aromatic carbocycles. The van der Waals surface area contributed by atoms with Gasteiger partial charge in [-0.1, -0.05) is 142 Å². The predicted octanol–water partition coefficient (Wildman–Crippen LogP) is 8.14. The number of aliphatic hydroxyl groups is 3. The predicted molar refractivity (Wildman–Crippen MR) is 162 cm³/mol. The van der Waals surface area contributed by atoms with Crippen LogP contribution in [0.1, 0.15) is 168 Å². The molecule has 3 atom stereocenters. The summed E-state index contributed by atoms with van der Waals surface area (Å²) in [6.07, 6.45) is 30.1. The van der Waals surface area contributed by atoms with Gasteiger partial charge in [0.2, 0.25) is 5.91 Å². The molecule has 1 amide bonds. The molecule has 0 heterocycles. The first-order valence-corrected chi connectivity index (χ1v) is 16.5. The molecule has 0 aliphatic carbocycles. The van der Waals surface area contributed by atoms with Gasteiger partial charge in [-0.05, 0) is 32.1 Å². The van der Waals surface area contributed by atoms with Gasteiger partial charge in [-0.2, -0.15) is 0 Å². The average molecular weight is 540 g/mol. The normalized spacial score (nSPS) is 14.1. The number of carbonyl (C=O) groups excluding carboxylic acids is 1. The number of rotatable bonds is 29. The van der Waals surface area contributed by atoms with Crippen molar-refractivity contribution in [2.24, 2.45) is 0 Å². The number of aliphatic hydroxyl groups excluding tert-OH is 3. The van der Waals surface area contributed by atoms with Crippen LogP contribution in [0.5, 0.6) is 0 Å². The molecule has 0 saturated carbocycles. The highest BCUT2D eigenvalue weighted by molar-refractivity contribution is 5.76. The highest BCUT2D eigenvalue weighted by atomic mass is 16.3. The molecule has 0 aromatic rings. The lowest BCUT2D eigenvalue weighted by molar-refractivity contribution is -0.124. The third-order valence-electron chi connectivity index (χ3n) is 7.62. The number of hydrogen-bond acceptors (Lipinski definition) is 4. The average Bonchev–Trinajstić information content (AvgIpc) is 2.92. The van der Waals surface area contributed by atoms with Gasteiger partial charge in [0.05, 0.1) is 18.8 Å². The Balaban J connectivity index is 3.74. The Labute approximate surface area is 236 Å². The molecule has 226 valence electrons. The summed E-state index contributed by atoms with van der Waals surface area (Å²) in [5, 5.41) is 33.2. The molecule has 0 radical (unpaired) electrons. The molecule has 0 aromatic heterocycles. The fourth-order valence-electron chi connectivity index (χ4n) is 4.96. The number of amides is 1. The van der Waals surface area contributed by atoms with Crippen LogP contribution in [0.25, 0.3) is 0 Å². The first-order valence-electron chi connectivity index (χ1n) is 16.5. The Kier molecular flexibility index (Phi) is 28.4. The van der Waals surface area contributed by atoms with Crippen molar-refractivity contribution in [3.8, 4) is 0 Å². The van der Waals surface area contributed by atoms with Gasteiger partial charge in [0.25, 0.3) is 0 Å². The summed E-state index contributed by atoms with van der Waals surface area (Å²) in [5.74, 6) is -0.157. The molecule has 0 bridgehead atoms. The fraction of sp³-hybridized carbons (Fsp3) is 0.909. The lowest BCUT2D eigenvalue weighted by Gasteiger charge is -2.26. The maximum atomic E-state index is 12.3. The number of allylic oxidation sites excluding steroid dienone is 2. The molecule has 5 heteroatoms. The Morgan fingerprint density at radius 2 is 1.08 bits per heavy atom. The summed E-state index contributed by atoms with van der Waals surface area (Å²) in [4.78, 5) is 12.3. The van der Waals surface area contributed by atoms with E-state index in [9.17, 15) is 20.1 Å². The van der Waals surface area contributed by atoms with E-state index in [1.54, 1.807) is 0 Å². The lowest BCUT2D eigenvalue weighted by atomic mass is 9.99. The van der Waals surface area contributed by atoms with Gasteiger partial charge in [-0.25, -0.2) is 0 Å². The van der Waals surface area contributed by atoms with E-state index in [0.717, 1.165) is 44.9 Å². The van der Waals surface area contributed by atoms with Crippen molar-refractivity contribution in [3.63, 3.8) is 0 Å². The highest BCUT2D eigenvalue weighted by Crippen LogP contribution is 2.15. The van der Waals surface area contributed by atoms with E-state index < -0.39 is 18.2 Å². The van der Waals surface area contributed by atoms with E-state index in [0.29, 0.717) is 12.8 Å². The van der Waals surface area contributed by atoms with Crippen molar-refractivity contribution in [1.29, 1.82) is 0 Å². The van der Waals surface area contributed by atoms with Crippen LogP contribution in [0.3, 0.4) is 0 Å². The smallest absolute Gasteiger partial charge is 0.220 e. The van der Waals surface area contributed by atoms with Gasteiger partial charge in [0.1, 0.15) is 6.10 Å². The fourth-order valence-corrected chi connectivity index (χ4v) is 4.96. The number of carbonyl (C=O) groups is 1. The van der Waals surface area contributed by atoms with E-state index in [2.05, 4.69) is 31.3 Å². The Morgan fingerprint density at radius 1 is 0.632 bits per heavy atom. The largest absolute Gasteiger partial charge is 0.394 e. The first-order chi connectivity index (χ1) is 18.6. The van der Waals surface area contributed by atoms with Crippen LogP contribution in [0, 0.1) is 0 Å². The van der Waals surface area contributed by atoms with Crippen LogP contribution in [-0.2, 0) is 4.79 Å². The summed E-state index contributed by atoms with van der Waals surface area (Å²) >= 11 is 0. The molecule has 0 aliphatic heterocycles. The maximum absolute atomic E-state index is 12.3. The molecule has 5 nitrogen and oxygen atoms in total. The second-order valence-corrected chi connectivity index (χ2v) is 11.4. The molecular formula is C33H65NO4. The topological polar surface area (TPSA) is 89.8 Å². The van der Waals surface area contributed by atoms with Crippen molar-refractivity contribution in [1.82, 2.24) is 5.32 Å². The third kappa shape index (κ3) is 24.2. The molecule has 0 aliphatic rings. The Morgan fingerprint density at radius 3 is 1.61 bits per heavy atom. The van der Waals surface area contributed by atoms with Crippen molar-refractivity contribution < 1.29 is 20.1 Å². The lowest BCUT2D eigenvalue weighted by Crippen LogP contribution is -2.50. The quantitative estimate of drug-likeness (QED) is 0.0570.